The van der Waals surface area contributed by atoms with Crippen LogP contribution in [0.25, 0.3) is 0 Å². The van der Waals surface area contributed by atoms with Gasteiger partial charge in [0.25, 0.3) is 0 Å². The Morgan fingerprint density at radius 1 is 1.24 bits per heavy atom. The largest absolute Gasteiger partial charge is 0.489 e. The van der Waals surface area contributed by atoms with E-state index in [1.54, 1.807) is 12.3 Å². The highest BCUT2D eigenvalue weighted by Crippen LogP contribution is 2.22. The van der Waals surface area contributed by atoms with E-state index in [0.717, 1.165) is 22.6 Å². The van der Waals surface area contributed by atoms with Gasteiger partial charge < -0.3 is 9.47 Å². The molecular weight excluding hydrogens is 268 g/mol. The van der Waals surface area contributed by atoms with E-state index in [-0.39, 0.29) is 0 Å². The summed E-state index contributed by atoms with van der Waals surface area (Å²) in [6.45, 7) is 4.32. The Hall–Kier alpha value is -2.56. The van der Waals surface area contributed by atoms with E-state index >= 15 is 0 Å². The first-order valence-corrected chi connectivity index (χ1v) is 6.58. The Balaban J connectivity index is 2.01. The number of carbonyl (C=O) groups excluding carboxylic acids is 1. The highest BCUT2D eigenvalue weighted by atomic mass is 16.5. The maximum Gasteiger partial charge on any atom is 0.411 e. The van der Waals surface area contributed by atoms with Gasteiger partial charge in [0.1, 0.15) is 12.4 Å². The number of nitrogens with zero attached hydrogens (tertiary/aromatic N) is 1. The lowest BCUT2D eigenvalue weighted by molar-refractivity contribution is 0.187. The predicted molar refractivity (Wildman–Crippen MR) is 80.5 cm³/mol. The zero-order valence-corrected chi connectivity index (χ0v) is 12.3. The van der Waals surface area contributed by atoms with Gasteiger partial charge >= 0.3 is 6.09 Å². The molecule has 0 spiro atoms. The Bertz CT molecular complexity index is 641. The van der Waals surface area contributed by atoms with Crippen molar-refractivity contribution < 1.29 is 14.3 Å². The van der Waals surface area contributed by atoms with Gasteiger partial charge in [-0.2, -0.15) is 0 Å². The number of nitrogens with one attached hydrogen (secondary N) is 1. The van der Waals surface area contributed by atoms with Crippen LogP contribution in [0.4, 0.5) is 10.5 Å². The highest BCUT2D eigenvalue weighted by molar-refractivity contribution is 5.85. The van der Waals surface area contributed by atoms with Crippen LogP contribution < -0.4 is 10.1 Å². The molecule has 0 saturated carbocycles. The van der Waals surface area contributed by atoms with Gasteiger partial charge in [-0.25, -0.2) is 4.79 Å². The van der Waals surface area contributed by atoms with Gasteiger partial charge in [-0.3, -0.25) is 10.3 Å². The standard InChI is InChI=1S/C16H18N2O3/c1-11-8-14(4-5-15(11)18-16(19)20-3)21-10-13-6-7-17-12(2)9-13/h4-9H,10H2,1-3H3,(H,18,19). The van der Waals surface area contributed by atoms with Crippen molar-refractivity contribution in [2.45, 2.75) is 20.5 Å². The van der Waals surface area contributed by atoms with Crippen molar-refractivity contribution in [2.24, 2.45) is 0 Å². The number of benzene rings is 1. The summed E-state index contributed by atoms with van der Waals surface area (Å²) in [5.74, 6) is 0.748. The maximum absolute atomic E-state index is 11.2. The second kappa shape index (κ2) is 6.74. The molecule has 0 aliphatic rings. The molecule has 5 heteroatoms. The number of amides is 1. The number of methoxy groups -OCH3 is 1. The number of ether oxygens (including phenoxy) is 2. The molecule has 1 aromatic carbocycles. The summed E-state index contributed by atoms with van der Waals surface area (Å²) >= 11 is 0. The van der Waals surface area contributed by atoms with Gasteiger partial charge in [0.2, 0.25) is 0 Å². The van der Waals surface area contributed by atoms with E-state index in [4.69, 9.17) is 4.74 Å². The molecule has 0 bridgehead atoms. The first kappa shape index (κ1) is 14.8. The van der Waals surface area contributed by atoms with Crippen LogP contribution in [0.3, 0.4) is 0 Å². The SMILES string of the molecule is COC(=O)Nc1ccc(OCc2ccnc(C)c2)cc1C. The number of aromatic nitrogens is 1. The van der Waals surface area contributed by atoms with Crippen LogP contribution in [-0.2, 0) is 11.3 Å². The second-order valence-corrected chi connectivity index (χ2v) is 4.69. The van der Waals surface area contributed by atoms with E-state index in [1.165, 1.54) is 7.11 Å². The lowest BCUT2D eigenvalue weighted by Gasteiger charge is -2.11. The molecule has 2 aromatic rings. The van der Waals surface area contributed by atoms with Crippen molar-refractivity contribution >= 4 is 11.8 Å². The summed E-state index contributed by atoms with van der Waals surface area (Å²) < 4.78 is 10.3. The average molecular weight is 286 g/mol. The van der Waals surface area contributed by atoms with Crippen molar-refractivity contribution in [2.75, 3.05) is 12.4 Å². The molecule has 0 fully saturated rings. The summed E-state index contributed by atoms with van der Waals surface area (Å²) in [7, 11) is 1.33. The van der Waals surface area contributed by atoms with Gasteiger partial charge in [0.15, 0.2) is 0 Å². The summed E-state index contributed by atoms with van der Waals surface area (Å²) in [6.07, 6.45) is 1.28. The van der Waals surface area contributed by atoms with Gasteiger partial charge in [0.05, 0.1) is 7.11 Å². The van der Waals surface area contributed by atoms with Crippen molar-refractivity contribution in [3.05, 3.63) is 53.3 Å². The quantitative estimate of drug-likeness (QED) is 0.935. The number of hydrogen-bond acceptors (Lipinski definition) is 4. The Kier molecular flexibility index (Phi) is 4.77. The molecule has 0 aliphatic carbocycles. The molecule has 1 heterocycles. The predicted octanol–water partition coefficient (Wildman–Crippen LogP) is 3.46. The van der Waals surface area contributed by atoms with E-state index in [2.05, 4.69) is 15.0 Å². The van der Waals surface area contributed by atoms with Crippen LogP contribution in [0.15, 0.2) is 36.5 Å². The number of rotatable bonds is 4. The Morgan fingerprint density at radius 2 is 2.05 bits per heavy atom. The molecular formula is C16H18N2O3. The molecule has 21 heavy (non-hydrogen) atoms. The van der Waals surface area contributed by atoms with E-state index in [1.807, 2.05) is 38.1 Å². The highest BCUT2D eigenvalue weighted by Gasteiger charge is 2.05. The number of pyridine rings is 1. The van der Waals surface area contributed by atoms with Crippen LogP contribution in [-0.4, -0.2) is 18.2 Å². The van der Waals surface area contributed by atoms with Crippen molar-refractivity contribution in [3.63, 3.8) is 0 Å². The molecule has 5 nitrogen and oxygen atoms in total. The first-order valence-electron chi connectivity index (χ1n) is 6.58. The van der Waals surface area contributed by atoms with Gasteiger partial charge in [0, 0.05) is 17.6 Å². The number of aryl methyl sites for hydroxylation is 2. The molecule has 0 aliphatic heterocycles. The van der Waals surface area contributed by atoms with Crippen molar-refractivity contribution in [3.8, 4) is 5.75 Å². The zero-order chi connectivity index (χ0) is 15.2. The Morgan fingerprint density at radius 3 is 2.71 bits per heavy atom. The molecule has 110 valence electrons. The summed E-state index contributed by atoms with van der Waals surface area (Å²) in [6, 6.07) is 9.39. The molecule has 0 saturated heterocycles. The third-order valence-electron chi connectivity index (χ3n) is 2.99. The van der Waals surface area contributed by atoms with Gasteiger partial charge in [-0.05, 0) is 55.3 Å². The fraction of sp³-hybridized carbons (Fsp3) is 0.250. The third-order valence-corrected chi connectivity index (χ3v) is 2.99. The van der Waals surface area contributed by atoms with E-state index in [9.17, 15) is 4.79 Å². The molecule has 0 unspecified atom stereocenters. The second-order valence-electron chi connectivity index (χ2n) is 4.69. The van der Waals surface area contributed by atoms with Crippen LogP contribution in [0.5, 0.6) is 5.75 Å². The lowest BCUT2D eigenvalue weighted by Crippen LogP contribution is -2.11. The normalized spacial score (nSPS) is 10.0. The van der Waals surface area contributed by atoms with E-state index in [0.29, 0.717) is 12.3 Å². The topological polar surface area (TPSA) is 60.5 Å². The van der Waals surface area contributed by atoms with Gasteiger partial charge in [-0.1, -0.05) is 0 Å². The molecule has 1 N–H and O–H groups in total. The smallest absolute Gasteiger partial charge is 0.411 e. The van der Waals surface area contributed by atoms with Gasteiger partial charge in [-0.15, -0.1) is 0 Å². The Labute approximate surface area is 123 Å². The molecule has 1 amide bonds. The molecule has 0 atom stereocenters. The zero-order valence-electron chi connectivity index (χ0n) is 12.3. The van der Waals surface area contributed by atoms with Crippen molar-refractivity contribution in [1.82, 2.24) is 4.98 Å². The summed E-state index contributed by atoms with van der Waals surface area (Å²) in [4.78, 5) is 15.3. The lowest BCUT2D eigenvalue weighted by atomic mass is 10.2. The van der Waals surface area contributed by atoms with Crippen LogP contribution in [0.1, 0.15) is 16.8 Å². The monoisotopic (exact) mass is 286 g/mol. The van der Waals surface area contributed by atoms with Crippen LogP contribution in [0.2, 0.25) is 0 Å². The molecule has 0 radical (unpaired) electrons. The molecule has 2 rings (SSSR count). The minimum absolute atomic E-state index is 0.479. The van der Waals surface area contributed by atoms with Crippen LogP contribution >= 0.6 is 0 Å². The van der Waals surface area contributed by atoms with Crippen LogP contribution in [0, 0.1) is 13.8 Å². The number of anilines is 1. The first-order chi connectivity index (χ1) is 10.1. The fourth-order valence-corrected chi connectivity index (χ4v) is 1.89. The minimum Gasteiger partial charge on any atom is -0.489 e. The number of hydrogen-bond donors (Lipinski definition) is 1. The van der Waals surface area contributed by atoms with E-state index < -0.39 is 6.09 Å². The molecule has 1 aromatic heterocycles. The minimum atomic E-state index is -0.487. The summed E-state index contributed by atoms with van der Waals surface area (Å²) in [5.41, 5.74) is 3.64. The maximum atomic E-state index is 11.2. The average Bonchev–Trinajstić information content (AvgIpc) is 2.47. The number of carbonyl (C=O) groups is 1. The van der Waals surface area contributed by atoms with Crippen molar-refractivity contribution in [1.29, 1.82) is 0 Å². The fourth-order valence-electron chi connectivity index (χ4n) is 1.89. The third kappa shape index (κ3) is 4.21. The summed E-state index contributed by atoms with van der Waals surface area (Å²) in [5, 5.41) is 2.64.